The van der Waals surface area contributed by atoms with Crippen LogP contribution in [-0.4, -0.2) is 28.2 Å². The second-order valence-electron chi connectivity index (χ2n) is 5.91. The summed E-state index contributed by atoms with van der Waals surface area (Å²) in [5.74, 6) is 2.15. The first-order valence-corrected chi connectivity index (χ1v) is 8.60. The Bertz CT molecular complexity index is 1040. The van der Waals surface area contributed by atoms with Gasteiger partial charge in [0, 0.05) is 11.1 Å². The Hall–Kier alpha value is -3.73. The van der Waals surface area contributed by atoms with Gasteiger partial charge in [-0.25, -0.2) is 0 Å². The molecule has 0 aliphatic heterocycles. The van der Waals surface area contributed by atoms with Gasteiger partial charge in [0.05, 0.1) is 13.3 Å². The average Bonchev–Trinajstić information content (AvgIpc) is 3.17. The molecule has 0 fully saturated rings. The molecule has 1 aromatic heterocycles. The Balaban J connectivity index is 1.81. The molecule has 0 saturated heterocycles. The maximum atomic E-state index is 5.24. The molecule has 0 N–H and O–H groups in total. The Morgan fingerprint density at radius 1 is 0.741 bits per heavy atom. The summed E-state index contributed by atoms with van der Waals surface area (Å²) in [6.45, 7) is 0. The van der Waals surface area contributed by atoms with Gasteiger partial charge in [-0.05, 0) is 29.8 Å². The maximum Gasteiger partial charge on any atom is 0.185 e. The van der Waals surface area contributed by atoms with E-state index in [0.29, 0.717) is 11.6 Å². The summed E-state index contributed by atoms with van der Waals surface area (Å²) in [7, 11) is 1.65. The zero-order chi connectivity index (χ0) is 18.5. The van der Waals surface area contributed by atoms with E-state index in [1.165, 1.54) is 0 Å². The molecule has 4 rings (SSSR count). The van der Waals surface area contributed by atoms with Crippen molar-refractivity contribution < 1.29 is 4.74 Å². The van der Waals surface area contributed by atoms with Crippen molar-refractivity contribution in [3.05, 3.63) is 90.5 Å². The third-order valence-electron chi connectivity index (χ3n) is 4.14. The van der Waals surface area contributed by atoms with Crippen molar-refractivity contribution in [3.8, 4) is 28.5 Å². The molecule has 5 nitrogen and oxygen atoms in total. The number of benzene rings is 3. The summed E-state index contributed by atoms with van der Waals surface area (Å²) in [5.41, 5.74) is 2.87. The van der Waals surface area contributed by atoms with Gasteiger partial charge in [0.2, 0.25) is 0 Å². The molecule has 1 heterocycles. The van der Waals surface area contributed by atoms with E-state index in [0.717, 1.165) is 22.4 Å². The fourth-order valence-electron chi connectivity index (χ4n) is 2.74. The van der Waals surface area contributed by atoms with Crippen molar-refractivity contribution >= 4 is 6.21 Å². The van der Waals surface area contributed by atoms with Crippen LogP contribution >= 0.6 is 0 Å². The minimum absolute atomic E-state index is 0.670. The number of nitrogens with zero attached hydrogens (tertiary/aromatic N) is 4. The van der Waals surface area contributed by atoms with Crippen molar-refractivity contribution in [2.45, 2.75) is 0 Å². The number of methoxy groups -OCH3 is 1. The van der Waals surface area contributed by atoms with Gasteiger partial charge < -0.3 is 4.74 Å². The standard InChI is InChI=1S/C22H18N4O/c1-27-20-14-12-19(13-15-20)22-25-24-21(18-10-6-3-7-11-18)26(22)23-16-17-8-4-2-5-9-17/h2-16H,1H3. The summed E-state index contributed by atoms with van der Waals surface area (Å²) in [6, 6.07) is 27.6. The molecule has 0 amide bonds. The fraction of sp³-hybridized carbons (Fsp3) is 0.0455. The van der Waals surface area contributed by atoms with Crippen LogP contribution < -0.4 is 4.74 Å². The van der Waals surface area contributed by atoms with Crippen molar-refractivity contribution in [1.29, 1.82) is 0 Å². The van der Waals surface area contributed by atoms with E-state index in [1.54, 1.807) is 11.8 Å². The number of hydrogen-bond acceptors (Lipinski definition) is 4. The van der Waals surface area contributed by atoms with Gasteiger partial charge in [0.15, 0.2) is 11.6 Å². The quantitative estimate of drug-likeness (QED) is 0.496. The summed E-state index contributed by atoms with van der Waals surface area (Å²) < 4.78 is 7.01. The number of rotatable bonds is 5. The summed E-state index contributed by atoms with van der Waals surface area (Å²) in [4.78, 5) is 0. The molecule has 0 aliphatic rings. The van der Waals surface area contributed by atoms with Crippen molar-refractivity contribution in [2.24, 2.45) is 5.10 Å². The van der Waals surface area contributed by atoms with E-state index >= 15 is 0 Å². The van der Waals surface area contributed by atoms with E-state index in [-0.39, 0.29) is 0 Å². The van der Waals surface area contributed by atoms with Crippen LogP contribution in [-0.2, 0) is 0 Å². The van der Waals surface area contributed by atoms with Crippen LogP contribution in [0.3, 0.4) is 0 Å². The third kappa shape index (κ3) is 3.62. The van der Waals surface area contributed by atoms with Crippen LogP contribution in [0, 0.1) is 0 Å². The highest BCUT2D eigenvalue weighted by Crippen LogP contribution is 2.26. The Labute approximate surface area is 157 Å². The Kier molecular flexibility index (Phi) is 4.74. The van der Waals surface area contributed by atoms with Gasteiger partial charge >= 0.3 is 0 Å². The van der Waals surface area contributed by atoms with E-state index in [9.17, 15) is 0 Å². The monoisotopic (exact) mass is 354 g/mol. The molecular formula is C22H18N4O. The molecule has 5 heteroatoms. The maximum absolute atomic E-state index is 5.24. The summed E-state index contributed by atoms with van der Waals surface area (Å²) in [6.07, 6.45) is 1.81. The molecule has 0 saturated carbocycles. The minimum Gasteiger partial charge on any atom is -0.497 e. The predicted molar refractivity (Wildman–Crippen MR) is 107 cm³/mol. The first-order valence-electron chi connectivity index (χ1n) is 8.60. The van der Waals surface area contributed by atoms with E-state index in [1.807, 2.05) is 91.1 Å². The lowest BCUT2D eigenvalue weighted by Gasteiger charge is -2.06. The van der Waals surface area contributed by atoms with Crippen molar-refractivity contribution in [1.82, 2.24) is 14.9 Å². The van der Waals surface area contributed by atoms with Gasteiger partial charge in [-0.3, -0.25) is 0 Å². The fourth-order valence-corrected chi connectivity index (χ4v) is 2.74. The summed E-state index contributed by atoms with van der Waals surface area (Å²) >= 11 is 0. The van der Waals surface area contributed by atoms with E-state index in [2.05, 4.69) is 15.3 Å². The molecule has 0 bridgehead atoms. The Morgan fingerprint density at radius 2 is 1.30 bits per heavy atom. The highest BCUT2D eigenvalue weighted by molar-refractivity contribution is 5.80. The molecule has 3 aromatic carbocycles. The number of ether oxygens (including phenoxy) is 1. The smallest absolute Gasteiger partial charge is 0.185 e. The van der Waals surface area contributed by atoms with Gasteiger partial charge in [0.1, 0.15) is 5.75 Å². The second kappa shape index (κ2) is 7.66. The minimum atomic E-state index is 0.670. The second-order valence-corrected chi connectivity index (χ2v) is 5.91. The summed E-state index contributed by atoms with van der Waals surface area (Å²) in [5, 5.41) is 13.4. The number of hydrogen-bond donors (Lipinski definition) is 0. The average molecular weight is 354 g/mol. The zero-order valence-electron chi connectivity index (χ0n) is 14.9. The van der Waals surface area contributed by atoms with Gasteiger partial charge in [0.25, 0.3) is 0 Å². The molecule has 132 valence electrons. The first kappa shape index (κ1) is 16.7. The topological polar surface area (TPSA) is 52.3 Å². The van der Waals surface area contributed by atoms with Crippen LogP contribution in [0.2, 0.25) is 0 Å². The van der Waals surface area contributed by atoms with Crippen molar-refractivity contribution in [2.75, 3.05) is 7.11 Å². The van der Waals surface area contributed by atoms with Crippen LogP contribution in [0.5, 0.6) is 5.75 Å². The van der Waals surface area contributed by atoms with E-state index in [4.69, 9.17) is 4.74 Å². The van der Waals surface area contributed by atoms with Crippen molar-refractivity contribution in [3.63, 3.8) is 0 Å². The van der Waals surface area contributed by atoms with E-state index < -0.39 is 0 Å². The lowest BCUT2D eigenvalue weighted by atomic mass is 10.2. The van der Waals surface area contributed by atoms with Crippen LogP contribution in [0.15, 0.2) is 90.0 Å². The highest BCUT2D eigenvalue weighted by atomic mass is 16.5. The SMILES string of the molecule is COc1ccc(-c2nnc(-c3ccccc3)n2N=Cc2ccccc2)cc1. The molecule has 0 atom stereocenters. The molecule has 4 aromatic rings. The molecule has 27 heavy (non-hydrogen) atoms. The Morgan fingerprint density at radius 3 is 1.89 bits per heavy atom. The molecular weight excluding hydrogens is 336 g/mol. The van der Waals surface area contributed by atoms with Gasteiger partial charge in [-0.15, -0.1) is 10.2 Å². The van der Waals surface area contributed by atoms with Gasteiger partial charge in [-0.1, -0.05) is 60.7 Å². The largest absolute Gasteiger partial charge is 0.497 e. The van der Waals surface area contributed by atoms with Crippen LogP contribution in [0.1, 0.15) is 5.56 Å². The third-order valence-corrected chi connectivity index (χ3v) is 4.14. The molecule has 0 radical (unpaired) electrons. The lowest BCUT2D eigenvalue weighted by molar-refractivity contribution is 0.415. The first-order chi connectivity index (χ1) is 13.3. The number of aromatic nitrogens is 3. The van der Waals surface area contributed by atoms with Crippen LogP contribution in [0.25, 0.3) is 22.8 Å². The normalized spacial score (nSPS) is 11.0. The molecule has 0 spiro atoms. The van der Waals surface area contributed by atoms with Crippen LogP contribution in [0.4, 0.5) is 0 Å². The molecule has 0 unspecified atom stereocenters. The highest BCUT2D eigenvalue weighted by Gasteiger charge is 2.15. The molecule has 0 aliphatic carbocycles. The van der Waals surface area contributed by atoms with Gasteiger partial charge in [-0.2, -0.15) is 9.78 Å². The zero-order valence-corrected chi connectivity index (χ0v) is 14.9. The predicted octanol–water partition coefficient (Wildman–Crippen LogP) is 4.50. The lowest BCUT2D eigenvalue weighted by Crippen LogP contribution is -1.98.